The molecule has 2 N–H and O–H groups in total. The van der Waals surface area contributed by atoms with Crippen molar-refractivity contribution < 1.29 is 13.5 Å². The van der Waals surface area contributed by atoms with E-state index in [9.17, 15) is 13.5 Å². The molecule has 1 unspecified atom stereocenters. The smallest absolute Gasteiger partial charge is 0.240 e. The third-order valence-corrected chi connectivity index (χ3v) is 4.36. The molecule has 0 saturated carbocycles. The topological polar surface area (TPSA) is 66.4 Å². The highest BCUT2D eigenvalue weighted by molar-refractivity contribution is 7.89. The molecule has 1 rings (SSSR count). The van der Waals surface area contributed by atoms with Gasteiger partial charge in [-0.2, -0.15) is 0 Å². The summed E-state index contributed by atoms with van der Waals surface area (Å²) in [6.07, 6.45) is 1.15. The molecule has 0 bridgehead atoms. The van der Waals surface area contributed by atoms with Gasteiger partial charge in [-0.1, -0.05) is 26.0 Å². The van der Waals surface area contributed by atoms with Crippen LogP contribution in [-0.2, 0) is 10.0 Å². The van der Waals surface area contributed by atoms with Gasteiger partial charge in [0.05, 0.1) is 11.0 Å². The number of rotatable bonds is 7. The average Bonchev–Trinajstić information content (AvgIpc) is 2.34. The van der Waals surface area contributed by atoms with Gasteiger partial charge in [-0.05, 0) is 43.4 Å². The number of hydrogen-bond acceptors (Lipinski definition) is 3. The molecule has 0 amide bonds. The van der Waals surface area contributed by atoms with Gasteiger partial charge in [0, 0.05) is 6.54 Å². The van der Waals surface area contributed by atoms with Crippen molar-refractivity contribution in [1.82, 2.24) is 4.72 Å². The number of aliphatic hydroxyl groups is 1. The summed E-state index contributed by atoms with van der Waals surface area (Å²) in [4.78, 5) is 0.204. The number of benzene rings is 1. The molecule has 0 aliphatic carbocycles. The van der Waals surface area contributed by atoms with Crippen molar-refractivity contribution in [2.75, 3.05) is 6.54 Å². The van der Waals surface area contributed by atoms with Crippen LogP contribution in [0.5, 0.6) is 0 Å². The van der Waals surface area contributed by atoms with E-state index in [0.717, 1.165) is 12.8 Å². The van der Waals surface area contributed by atoms with Crippen molar-refractivity contribution in [2.24, 2.45) is 5.92 Å². The van der Waals surface area contributed by atoms with Crippen molar-refractivity contribution >= 4 is 10.0 Å². The molecular weight excluding hydrogens is 262 g/mol. The lowest BCUT2D eigenvalue weighted by molar-refractivity contribution is 0.199. The van der Waals surface area contributed by atoms with Gasteiger partial charge in [0.1, 0.15) is 0 Å². The molecule has 0 fully saturated rings. The summed E-state index contributed by atoms with van der Waals surface area (Å²) in [6.45, 7) is 6.28. The minimum Gasteiger partial charge on any atom is -0.389 e. The molecule has 5 heteroatoms. The van der Waals surface area contributed by atoms with E-state index < -0.39 is 16.1 Å². The van der Waals surface area contributed by atoms with E-state index in [-0.39, 0.29) is 4.90 Å². The molecule has 0 aromatic heterocycles. The molecule has 108 valence electrons. The number of aliphatic hydroxyl groups excluding tert-OH is 1. The average molecular weight is 285 g/mol. The Morgan fingerprint density at radius 2 is 1.95 bits per heavy atom. The normalized spacial score (nSPS) is 13.7. The third-order valence-electron chi connectivity index (χ3n) is 2.90. The highest BCUT2D eigenvalue weighted by atomic mass is 32.2. The summed E-state index contributed by atoms with van der Waals surface area (Å²) in [6, 6.07) is 6.40. The van der Waals surface area contributed by atoms with Crippen LogP contribution in [0.4, 0.5) is 0 Å². The first-order chi connectivity index (χ1) is 8.83. The maximum atomic E-state index is 12.1. The van der Waals surface area contributed by atoms with E-state index in [0.29, 0.717) is 18.0 Å². The Morgan fingerprint density at radius 3 is 2.53 bits per heavy atom. The van der Waals surface area contributed by atoms with Crippen molar-refractivity contribution in [2.45, 2.75) is 44.6 Å². The minimum atomic E-state index is -3.48. The second kappa shape index (κ2) is 7.03. The predicted octanol–water partition coefficient (Wildman–Crippen LogP) is 2.45. The minimum absolute atomic E-state index is 0.204. The molecular formula is C14H23NO3S. The van der Waals surface area contributed by atoms with Crippen LogP contribution in [0.25, 0.3) is 0 Å². The first-order valence-corrected chi connectivity index (χ1v) is 8.09. The molecule has 1 atom stereocenters. The molecule has 0 aliphatic heterocycles. The maximum absolute atomic E-state index is 12.1. The van der Waals surface area contributed by atoms with Gasteiger partial charge in [-0.25, -0.2) is 13.1 Å². The summed E-state index contributed by atoms with van der Waals surface area (Å²) < 4.78 is 26.7. The molecule has 0 spiro atoms. The lowest BCUT2D eigenvalue weighted by Gasteiger charge is -2.10. The van der Waals surface area contributed by atoms with Gasteiger partial charge < -0.3 is 5.11 Å². The molecule has 19 heavy (non-hydrogen) atoms. The van der Waals surface area contributed by atoms with Gasteiger partial charge in [0.25, 0.3) is 0 Å². The fraction of sp³-hybridized carbons (Fsp3) is 0.571. The standard InChI is InChI=1S/C14H23NO3S/c1-11(2)6-5-9-15-19(17,18)14-8-4-7-13(10-14)12(3)16/h4,7-8,10-12,15-16H,5-6,9H2,1-3H3. The second-order valence-electron chi connectivity index (χ2n) is 5.18. The van der Waals surface area contributed by atoms with Gasteiger partial charge in [0.15, 0.2) is 0 Å². The molecule has 4 nitrogen and oxygen atoms in total. The lowest BCUT2D eigenvalue weighted by atomic mass is 10.1. The summed E-state index contributed by atoms with van der Waals surface area (Å²) in [5.74, 6) is 0.572. The quantitative estimate of drug-likeness (QED) is 0.756. The highest BCUT2D eigenvalue weighted by Crippen LogP contribution is 2.17. The molecule has 0 radical (unpaired) electrons. The molecule has 0 heterocycles. The van der Waals surface area contributed by atoms with E-state index in [2.05, 4.69) is 18.6 Å². The Hall–Kier alpha value is -0.910. The van der Waals surface area contributed by atoms with Crippen LogP contribution < -0.4 is 4.72 Å². The molecule has 1 aromatic carbocycles. The van der Waals surface area contributed by atoms with E-state index >= 15 is 0 Å². The van der Waals surface area contributed by atoms with Crippen molar-refractivity contribution in [3.63, 3.8) is 0 Å². The first kappa shape index (κ1) is 16.1. The lowest BCUT2D eigenvalue weighted by Crippen LogP contribution is -2.25. The zero-order valence-electron chi connectivity index (χ0n) is 11.8. The Labute approximate surface area is 115 Å². The summed E-state index contributed by atoms with van der Waals surface area (Å²) in [5, 5.41) is 9.47. The van der Waals surface area contributed by atoms with Crippen LogP contribution in [-0.4, -0.2) is 20.1 Å². The number of nitrogens with one attached hydrogen (secondary N) is 1. The first-order valence-electron chi connectivity index (χ1n) is 6.60. The summed E-state index contributed by atoms with van der Waals surface area (Å²) in [5.41, 5.74) is 0.602. The second-order valence-corrected chi connectivity index (χ2v) is 6.95. The van der Waals surface area contributed by atoms with E-state index in [4.69, 9.17) is 0 Å². The molecule has 1 aromatic rings. The van der Waals surface area contributed by atoms with Crippen LogP contribution in [0.3, 0.4) is 0 Å². The van der Waals surface area contributed by atoms with Crippen molar-refractivity contribution in [3.8, 4) is 0 Å². The van der Waals surface area contributed by atoms with Gasteiger partial charge >= 0.3 is 0 Å². The van der Waals surface area contributed by atoms with Gasteiger partial charge in [0.2, 0.25) is 10.0 Å². The molecule has 0 aliphatic rings. The van der Waals surface area contributed by atoms with Crippen LogP contribution >= 0.6 is 0 Å². The van der Waals surface area contributed by atoms with Gasteiger partial charge in [-0.15, -0.1) is 0 Å². The van der Waals surface area contributed by atoms with Crippen LogP contribution in [0, 0.1) is 5.92 Å². The SMILES string of the molecule is CC(C)CCCNS(=O)(=O)c1cccc(C(C)O)c1. The highest BCUT2D eigenvalue weighted by Gasteiger charge is 2.14. The predicted molar refractivity (Wildman–Crippen MR) is 76.3 cm³/mol. The third kappa shape index (κ3) is 5.30. The van der Waals surface area contributed by atoms with E-state index in [1.165, 1.54) is 12.1 Å². The fourth-order valence-electron chi connectivity index (χ4n) is 1.74. The van der Waals surface area contributed by atoms with Crippen LogP contribution in [0.1, 0.15) is 45.3 Å². The zero-order chi connectivity index (χ0) is 14.5. The fourth-order valence-corrected chi connectivity index (χ4v) is 2.87. The van der Waals surface area contributed by atoms with Crippen LogP contribution in [0.15, 0.2) is 29.2 Å². The van der Waals surface area contributed by atoms with Crippen molar-refractivity contribution in [3.05, 3.63) is 29.8 Å². The summed E-state index contributed by atoms with van der Waals surface area (Å²) in [7, 11) is -3.48. The Morgan fingerprint density at radius 1 is 1.26 bits per heavy atom. The van der Waals surface area contributed by atoms with E-state index in [1.807, 2.05) is 0 Å². The largest absolute Gasteiger partial charge is 0.389 e. The van der Waals surface area contributed by atoms with E-state index in [1.54, 1.807) is 19.1 Å². The number of sulfonamides is 1. The monoisotopic (exact) mass is 285 g/mol. The summed E-state index contributed by atoms with van der Waals surface area (Å²) >= 11 is 0. The Balaban J connectivity index is 2.69. The maximum Gasteiger partial charge on any atom is 0.240 e. The Kier molecular flexibility index (Phi) is 5.97. The van der Waals surface area contributed by atoms with Crippen LogP contribution in [0.2, 0.25) is 0 Å². The number of hydrogen-bond donors (Lipinski definition) is 2. The zero-order valence-corrected chi connectivity index (χ0v) is 12.6. The molecule has 0 saturated heterocycles. The Bertz CT molecular complexity index is 495. The van der Waals surface area contributed by atoms with Gasteiger partial charge in [-0.3, -0.25) is 0 Å². The van der Waals surface area contributed by atoms with Crippen molar-refractivity contribution in [1.29, 1.82) is 0 Å².